The van der Waals surface area contributed by atoms with E-state index in [1.807, 2.05) is 6.07 Å². The minimum Gasteiger partial charge on any atom is -0.331 e. The van der Waals surface area contributed by atoms with Crippen LogP contribution in [-0.4, -0.2) is 15.1 Å². The Bertz CT molecular complexity index is 616. The summed E-state index contributed by atoms with van der Waals surface area (Å²) in [6, 6.07) is 8.31. The molecule has 1 fully saturated rings. The molecule has 1 saturated carbocycles. The molecule has 3 atom stereocenters. The van der Waals surface area contributed by atoms with E-state index in [1.54, 1.807) is 0 Å². The van der Waals surface area contributed by atoms with Gasteiger partial charge in [-0.15, -0.1) is 0 Å². The van der Waals surface area contributed by atoms with Crippen LogP contribution < -0.4 is 5.73 Å². The smallest absolute Gasteiger partial charge is 0.111 e. The molecule has 0 radical (unpaired) electrons. The Balaban J connectivity index is 1.91. The van der Waals surface area contributed by atoms with Crippen molar-refractivity contribution in [2.24, 2.45) is 24.6 Å². The highest BCUT2D eigenvalue weighted by molar-refractivity contribution is 5.75. The Kier molecular flexibility index (Phi) is 3.33. The maximum Gasteiger partial charge on any atom is 0.111 e. The molecule has 3 heteroatoms. The minimum atomic E-state index is -0.0956. The molecule has 1 aliphatic rings. The molecule has 20 heavy (non-hydrogen) atoms. The van der Waals surface area contributed by atoms with E-state index < -0.39 is 0 Å². The zero-order valence-corrected chi connectivity index (χ0v) is 12.8. The second kappa shape index (κ2) is 4.88. The molecule has 108 valence electrons. The van der Waals surface area contributed by atoms with Crippen molar-refractivity contribution in [1.82, 2.24) is 9.55 Å². The molecule has 2 aromatic rings. The summed E-state index contributed by atoms with van der Waals surface area (Å²) in [5.41, 5.74) is 8.91. The van der Waals surface area contributed by atoms with Gasteiger partial charge in [0, 0.05) is 19.0 Å². The number of hydrogen-bond acceptors (Lipinski definition) is 2. The van der Waals surface area contributed by atoms with Gasteiger partial charge in [-0.05, 0) is 43.2 Å². The Morgan fingerprint density at radius 2 is 2.10 bits per heavy atom. The fourth-order valence-corrected chi connectivity index (χ4v) is 3.63. The molecule has 1 aromatic carbocycles. The van der Waals surface area contributed by atoms with Crippen LogP contribution in [0.5, 0.6) is 0 Å². The maximum absolute atomic E-state index is 6.73. The molecular formula is C17H25N3. The number of nitrogens with two attached hydrogens (primary N) is 1. The lowest BCUT2D eigenvalue weighted by Gasteiger charge is -2.41. The Morgan fingerprint density at radius 3 is 2.80 bits per heavy atom. The van der Waals surface area contributed by atoms with Crippen molar-refractivity contribution in [2.45, 2.75) is 45.1 Å². The summed E-state index contributed by atoms with van der Waals surface area (Å²) in [5, 5.41) is 0. The van der Waals surface area contributed by atoms with Crippen molar-refractivity contribution in [3.8, 4) is 0 Å². The van der Waals surface area contributed by atoms with Crippen LogP contribution in [-0.2, 0) is 13.5 Å². The van der Waals surface area contributed by atoms with Crippen LogP contribution in [0.2, 0.25) is 0 Å². The van der Waals surface area contributed by atoms with Gasteiger partial charge < -0.3 is 10.3 Å². The lowest BCUT2D eigenvalue weighted by molar-refractivity contribution is 0.160. The molecule has 0 amide bonds. The third kappa shape index (κ3) is 2.24. The van der Waals surface area contributed by atoms with E-state index >= 15 is 0 Å². The molecule has 1 heterocycles. The van der Waals surface area contributed by atoms with Crippen LogP contribution in [0.4, 0.5) is 0 Å². The average Bonchev–Trinajstić information content (AvgIpc) is 2.72. The van der Waals surface area contributed by atoms with E-state index in [9.17, 15) is 0 Å². The zero-order valence-electron chi connectivity index (χ0n) is 12.8. The first-order valence-electron chi connectivity index (χ1n) is 7.69. The van der Waals surface area contributed by atoms with Crippen molar-refractivity contribution in [2.75, 3.05) is 0 Å². The summed E-state index contributed by atoms with van der Waals surface area (Å²) in [6.45, 7) is 4.64. The fourth-order valence-electron chi connectivity index (χ4n) is 3.63. The highest BCUT2D eigenvalue weighted by atomic mass is 15.1. The molecule has 0 saturated heterocycles. The standard InChI is InChI=1S/C17H25N3/c1-12-8-9-17(18,13(2)10-12)11-16-19-14-6-4-5-7-15(14)20(16)3/h4-7,12-13H,8-11,18H2,1-3H3. The Morgan fingerprint density at radius 1 is 1.35 bits per heavy atom. The summed E-state index contributed by atoms with van der Waals surface area (Å²) in [5.74, 6) is 2.49. The molecule has 1 aromatic heterocycles. The van der Waals surface area contributed by atoms with E-state index in [4.69, 9.17) is 10.7 Å². The second-order valence-electron chi connectivity index (χ2n) is 6.77. The van der Waals surface area contributed by atoms with E-state index in [0.29, 0.717) is 5.92 Å². The van der Waals surface area contributed by atoms with Gasteiger partial charge in [-0.2, -0.15) is 0 Å². The predicted octanol–water partition coefficient (Wildman–Crippen LogP) is 3.27. The van der Waals surface area contributed by atoms with Gasteiger partial charge in [0.2, 0.25) is 0 Å². The number of aromatic nitrogens is 2. The SMILES string of the molecule is CC1CCC(N)(Cc2nc3ccccc3n2C)C(C)C1. The van der Waals surface area contributed by atoms with Crippen LogP contribution in [0.3, 0.4) is 0 Å². The molecule has 0 spiro atoms. The lowest BCUT2D eigenvalue weighted by Crippen LogP contribution is -2.51. The number of para-hydroxylation sites is 2. The fraction of sp³-hybridized carbons (Fsp3) is 0.588. The Hall–Kier alpha value is -1.35. The highest BCUT2D eigenvalue weighted by Gasteiger charge is 2.37. The number of aryl methyl sites for hydroxylation is 1. The first-order valence-corrected chi connectivity index (χ1v) is 7.69. The van der Waals surface area contributed by atoms with Crippen molar-refractivity contribution >= 4 is 11.0 Å². The third-order valence-electron chi connectivity index (χ3n) is 5.21. The van der Waals surface area contributed by atoms with Gasteiger partial charge in [-0.1, -0.05) is 26.0 Å². The van der Waals surface area contributed by atoms with Gasteiger partial charge in [0.05, 0.1) is 11.0 Å². The van der Waals surface area contributed by atoms with Crippen molar-refractivity contribution in [3.05, 3.63) is 30.1 Å². The van der Waals surface area contributed by atoms with Crippen LogP contribution in [0.15, 0.2) is 24.3 Å². The summed E-state index contributed by atoms with van der Waals surface area (Å²) >= 11 is 0. The van der Waals surface area contributed by atoms with Crippen molar-refractivity contribution in [1.29, 1.82) is 0 Å². The van der Waals surface area contributed by atoms with E-state index in [1.165, 1.54) is 18.4 Å². The largest absolute Gasteiger partial charge is 0.331 e. The van der Waals surface area contributed by atoms with E-state index in [2.05, 4.69) is 43.7 Å². The summed E-state index contributed by atoms with van der Waals surface area (Å²) < 4.78 is 2.20. The molecule has 2 N–H and O–H groups in total. The van der Waals surface area contributed by atoms with Gasteiger partial charge in [-0.25, -0.2) is 4.98 Å². The van der Waals surface area contributed by atoms with Crippen LogP contribution in [0.25, 0.3) is 11.0 Å². The zero-order chi connectivity index (χ0) is 14.3. The number of imidazole rings is 1. The molecular weight excluding hydrogens is 246 g/mol. The molecule has 0 aliphatic heterocycles. The minimum absolute atomic E-state index is 0.0956. The quantitative estimate of drug-likeness (QED) is 0.911. The van der Waals surface area contributed by atoms with Gasteiger partial charge in [-0.3, -0.25) is 0 Å². The molecule has 3 nitrogen and oxygen atoms in total. The monoisotopic (exact) mass is 271 g/mol. The first-order chi connectivity index (χ1) is 9.49. The summed E-state index contributed by atoms with van der Waals surface area (Å²) in [6.07, 6.45) is 4.47. The summed E-state index contributed by atoms with van der Waals surface area (Å²) in [7, 11) is 2.10. The number of hydrogen-bond donors (Lipinski definition) is 1. The van der Waals surface area contributed by atoms with Crippen molar-refractivity contribution < 1.29 is 0 Å². The highest BCUT2D eigenvalue weighted by Crippen LogP contribution is 2.37. The normalized spacial score (nSPS) is 30.8. The topological polar surface area (TPSA) is 43.8 Å². The van der Waals surface area contributed by atoms with Gasteiger partial charge >= 0.3 is 0 Å². The molecule has 1 aliphatic carbocycles. The second-order valence-corrected chi connectivity index (χ2v) is 6.77. The predicted molar refractivity (Wildman–Crippen MR) is 83.5 cm³/mol. The van der Waals surface area contributed by atoms with Crippen LogP contribution in [0.1, 0.15) is 38.9 Å². The molecule has 0 bridgehead atoms. The van der Waals surface area contributed by atoms with E-state index in [-0.39, 0.29) is 5.54 Å². The van der Waals surface area contributed by atoms with Crippen LogP contribution >= 0.6 is 0 Å². The van der Waals surface area contributed by atoms with Crippen molar-refractivity contribution in [3.63, 3.8) is 0 Å². The number of fused-ring (bicyclic) bond motifs is 1. The lowest BCUT2D eigenvalue weighted by atomic mass is 9.69. The first kappa shape index (κ1) is 13.6. The average molecular weight is 271 g/mol. The summed E-state index contributed by atoms with van der Waals surface area (Å²) in [4.78, 5) is 4.79. The van der Waals surface area contributed by atoms with Gasteiger partial charge in [0.1, 0.15) is 5.82 Å². The van der Waals surface area contributed by atoms with E-state index in [0.717, 1.165) is 30.1 Å². The number of rotatable bonds is 2. The maximum atomic E-state index is 6.73. The molecule has 3 rings (SSSR count). The molecule has 3 unspecified atom stereocenters. The van der Waals surface area contributed by atoms with Gasteiger partial charge in [0.15, 0.2) is 0 Å². The van der Waals surface area contributed by atoms with Crippen LogP contribution in [0, 0.1) is 11.8 Å². The Labute approximate surface area is 121 Å². The third-order valence-corrected chi connectivity index (χ3v) is 5.21. The number of nitrogens with zero attached hydrogens (tertiary/aromatic N) is 2. The number of benzene rings is 1. The van der Waals surface area contributed by atoms with Gasteiger partial charge in [0.25, 0.3) is 0 Å².